The van der Waals surface area contributed by atoms with Gasteiger partial charge in [-0.3, -0.25) is 0 Å². The van der Waals surface area contributed by atoms with Crippen molar-refractivity contribution in [3.8, 4) is 0 Å². The lowest BCUT2D eigenvalue weighted by Gasteiger charge is -2.19. The first-order valence-electron chi connectivity index (χ1n) is 5.47. The first kappa shape index (κ1) is 14.7. The van der Waals surface area contributed by atoms with Gasteiger partial charge in [0.2, 0.25) is 0 Å². The molecule has 0 aliphatic rings. The maximum atomic E-state index is 11.2. The van der Waals surface area contributed by atoms with Gasteiger partial charge in [-0.15, -0.1) is 0 Å². The minimum absolute atomic E-state index is 0.0565. The Balaban J connectivity index is 2.63. The number of halogens is 1. The fourth-order valence-corrected chi connectivity index (χ4v) is 3.22. The van der Waals surface area contributed by atoms with Crippen LogP contribution in [0.25, 0.3) is 0 Å². The monoisotopic (exact) mass is 319 g/mol. The highest BCUT2D eigenvalue weighted by atomic mass is 79.9. The number of rotatable bonds is 5. The van der Waals surface area contributed by atoms with Crippen molar-refractivity contribution in [2.75, 3.05) is 12.0 Å². The maximum Gasteiger partial charge on any atom is 0.148 e. The zero-order valence-electron chi connectivity index (χ0n) is 10.3. The Morgan fingerprint density at radius 1 is 1.35 bits per heavy atom. The van der Waals surface area contributed by atoms with Gasteiger partial charge in [-0.2, -0.15) is 0 Å². The molecule has 1 N–H and O–H groups in total. The molecule has 0 aliphatic heterocycles. The van der Waals surface area contributed by atoms with E-state index in [1.54, 1.807) is 0 Å². The van der Waals surface area contributed by atoms with E-state index < -0.39 is 9.84 Å². The fourth-order valence-electron chi connectivity index (χ4n) is 1.80. The Hall–Kier alpha value is -0.390. The predicted molar refractivity (Wildman–Crippen MR) is 74.9 cm³/mol. The summed E-state index contributed by atoms with van der Waals surface area (Å²) in [7, 11) is -2.93. The number of nitrogens with one attached hydrogen (secondary N) is 1. The van der Waals surface area contributed by atoms with Gasteiger partial charge in [-0.25, -0.2) is 8.42 Å². The molecule has 0 aromatic heterocycles. The number of hydrogen-bond donors (Lipinski definition) is 1. The zero-order valence-corrected chi connectivity index (χ0v) is 12.7. The van der Waals surface area contributed by atoms with Crippen molar-refractivity contribution in [3.05, 3.63) is 34.3 Å². The van der Waals surface area contributed by atoms with E-state index in [9.17, 15) is 8.42 Å². The van der Waals surface area contributed by atoms with E-state index in [1.807, 2.05) is 38.1 Å². The van der Waals surface area contributed by atoms with Crippen molar-refractivity contribution >= 4 is 25.8 Å². The lowest BCUT2D eigenvalue weighted by molar-refractivity contribution is 0.500. The number of sulfone groups is 1. The van der Waals surface area contributed by atoms with Crippen molar-refractivity contribution in [2.45, 2.75) is 25.9 Å². The van der Waals surface area contributed by atoms with Crippen LogP contribution in [0.3, 0.4) is 0 Å². The molecular weight excluding hydrogens is 302 g/mol. The average molecular weight is 320 g/mol. The summed E-state index contributed by atoms with van der Waals surface area (Å²) in [6.45, 7) is 3.91. The normalized spacial score (nSPS) is 15.5. The quantitative estimate of drug-likeness (QED) is 0.907. The van der Waals surface area contributed by atoms with Crippen LogP contribution in [-0.4, -0.2) is 26.5 Å². The molecule has 0 saturated carbocycles. The van der Waals surface area contributed by atoms with Crippen LogP contribution >= 0.6 is 15.9 Å². The van der Waals surface area contributed by atoms with Gasteiger partial charge in [0, 0.05) is 22.8 Å². The van der Waals surface area contributed by atoms with Gasteiger partial charge in [-0.1, -0.05) is 28.1 Å². The third-order valence-corrected chi connectivity index (χ3v) is 4.03. The maximum absolute atomic E-state index is 11.2. The van der Waals surface area contributed by atoms with Gasteiger partial charge < -0.3 is 5.32 Å². The van der Waals surface area contributed by atoms with Crippen LogP contribution in [0.1, 0.15) is 25.5 Å². The summed E-state index contributed by atoms with van der Waals surface area (Å²) in [5.41, 5.74) is 1.14. The Bertz CT molecular complexity index is 473. The van der Waals surface area contributed by atoms with E-state index in [1.165, 1.54) is 6.26 Å². The highest BCUT2D eigenvalue weighted by Gasteiger charge is 2.14. The minimum atomic E-state index is -2.93. The first-order chi connectivity index (χ1) is 7.78. The van der Waals surface area contributed by atoms with Gasteiger partial charge in [0.05, 0.1) is 5.75 Å². The van der Waals surface area contributed by atoms with E-state index in [-0.39, 0.29) is 17.8 Å². The smallest absolute Gasteiger partial charge is 0.148 e. The van der Waals surface area contributed by atoms with E-state index >= 15 is 0 Å². The summed E-state index contributed by atoms with van der Waals surface area (Å²) in [6.07, 6.45) is 1.26. The van der Waals surface area contributed by atoms with Crippen molar-refractivity contribution in [3.63, 3.8) is 0 Å². The van der Waals surface area contributed by atoms with Crippen LogP contribution < -0.4 is 5.32 Å². The second-order valence-corrected chi connectivity index (χ2v) is 7.54. The second-order valence-electron chi connectivity index (χ2n) is 4.44. The molecular formula is C12H18BrNO2S. The highest BCUT2D eigenvalue weighted by molar-refractivity contribution is 9.10. The molecule has 0 saturated heterocycles. The summed E-state index contributed by atoms with van der Waals surface area (Å²) < 4.78 is 23.4. The average Bonchev–Trinajstić information content (AvgIpc) is 2.14. The molecule has 0 amide bonds. The predicted octanol–water partition coefficient (Wildman–Crippen LogP) is 2.53. The van der Waals surface area contributed by atoms with Crippen LogP contribution in [0.4, 0.5) is 0 Å². The molecule has 0 radical (unpaired) electrons. The molecule has 1 aromatic rings. The Morgan fingerprint density at radius 2 is 2.00 bits per heavy atom. The third kappa shape index (κ3) is 5.66. The van der Waals surface area contributed by atoms with Crippen LogP contribution in [0, 0.1) is 0 Å². The summed E-state index contributed by atoms with van der Waals surface area (Å²) >= 11 is 3.42. The SMILES string of the molecule is CC(CS(C)(=O)=O)NC(C)c1cccc(Br)c1. The molecule has 2 atom stereocenters. The van der Waals surface area contributed by atoms with E-state index in [0.29, 0.717) is 0 Å². The van der Waals surface area contributed by atoms with Crippen LogP contribution in [-0.2, 0) is 9.84 Å². The Kier molecular flexibility index (Phi) is 5.16. The standard InChI is InChI=1S/C12H18BrNO2S/c1-9(8-17(3,15)16)14-10(2)11-5-4-6-12(13)7-11/h4-7,9-10,14H,8H2,1-3H3. The van der Waals surface area contributed by atoms with Crippen molar-refractivity contribution in [1.29, 1.82) is 0 Å². The van der Waals surface area contributed by atoms with Gasteiger partial charge in [0.25, 0.3) is 0 Å². The topological polar surface area (TPSA) is 46.2 Å². The second kappa shape index (κ2) is 5.98. The van der Waals surface area contributed by atoms with Crippen LogP contribution in [0.5, 0.6) is 0 Å². The Morgan fingerprint density at radius 3 is 2.53 bits per heavy atom. The molecule has 96 valence electrons. The van der Waals surface area contributed by atoms with E-state index in [2.05, 4.69) is 21.2 Å². The fraction of sp³-hybridized carbons (Fsp3) is 0.500. The molecule has 1 rings (SSSR count). The Labute approximate surface area is 112 Å². The summed E-state index contributed by atoms with van der Waals surface area (Å²) in [5, 5.41) is 3.28. The molecule has 5 heteroatoms. The largest absolute Gasteiger partial charge is 0.307 e. The highest BCUT2D eigenvalue weighted by Crippen LogP contribution is 2.18. The molecule has 0 heterocycles. The van der Waals surface area contributed by atoms with Gasteiger partial charge in [0.1, 0.15) is 9.84 Å². The third-order valence-electron chi connectivity index (χ3n) is 2.44. The summed E-state index contributed by atoms with van der Waals surface area (Å²) in [5.74, 6) is 0.158. The molecule has 17 heavy (non-hydrogen) atoms. The molecule has 0 fully saturated rings. The van der Waals surface area contributed by atoms with Gasteiger partial charge in [-0.05, 0) is 31.5 Å². The molecule has 2 unspecified atom stereocenters. The summed E-state index contributed by atoms with van der Waals surface area (Å²) in [4.78, 5) is 0. The molecule has 3 nitrogen and oxygen atoms in total. The molecule has 0 spiro atoms. The summed E-state index contributed by atoms with van der Waals surface area (Å²) in [6, 6.07) is 8.07. The lowest BCUT2D eigenvalue weighted by Crippen LogP contribution is -2.34. The number of benzene rings is 1. The van der Waals surface area contributed by atoms with E-state index in [4.69, 9.17) is 0 Å². The first-order valence-corrected chi connectivity index (χ1v) is 8.32. The van der Waals surface area contributed by atoms with Gasteiger partial charge in [0.15, 0.2) is 0 Å². The van der Waals surface area contributed by atoms with Gasteiger partial charge >= 0.3 is 0 Å². The van der Waals surface area contributed by atoms with Crippen LogP contribution in [0.15, 0.2) is 28.7 Å². The molecule has 1 aromatic carbocycles. The number of hydrogen-bond acceptors (Lipinski definition) is 3. The molecule has 0 bridgehead atoms. The van der Waals surface area contributed by atoms with Crippen molar-refractivity contribution in [2.24, 2.45) is 0 Å². The van der Waals surface area contributed by atoms with E-state index in [0.717, 1.165) is 10.0 Å². The zero-order chi connectivity index (χ0) is 13.1. The lowest BCUT2D eigenvalue weighted by atomic mass is 10.1. The van der Waals surface area contributed by atoms with Crippen LogP contribution in [0.2, 0.25) is 0 Å². The van der Waals surface area contributed by atoms with Crippen molar-refractivity contribution < 1.29 is 8.42 Å². The molecule has 0 aliphatic carbocycles. The van der Waals surface area contributed by atoms with Crippen molar-refractivity contribution in [1.82, 2.24) is 5.32 Å². The minimum Gasteiger partial charge on any atom is -0.307 e.